The first kappa shape index (κ1) is 8.66. The summed E-state index contributed by atoms with van der Waals surface area (Å²) in [6, 6.07) is 0. The van der Waals surface area contributed by atoms with E-state index < -0.39 is 0 Å². The van der Waals surface area contributed by atoms with Gasteiger partial charge in [-0.05, 0) is 32.5 Å². The predicted molar refractivity (Wildman–Crippen MR) is 41.4 cm³/mol. The molecule has 0 amide bonds. The van der Waals surface area contributed by atoms with Crippen LogP contribution in [0.3, 0.4) is 0 Å². The van der Waals surface area contributed by atoms with E-state index in [1.54, 1.807) is 0 Å². The number of nitrogens with one attached hydrogen (secondary N) is 1. The van der Waals surface area contributed by atoms with Crippen molar-refractivity contribution in [2.75, 3.05) is 19.6 Å². The van der Waals surface area contributed by atoms with Crippen LogP contribution in [0.25, 0.3) is 0 Å². The van der Waals surface area contributed by atoms with Gasteiger partial charge in [-0.3, -0.25) is 0 Å². The third kappa shape index (κ3) is 7.66. The highest BCUT2D eigenvalue weighted by atomic mass is 14.8. The van der Waals surface area contributed by atoms with E-state index in [0.29, 0.717) is 0 Å². The van der Waals surface area contributed by atoms with Gasteiger partial charge in [0.05, 0.1) is 0 Å². The van der Waals surface area contributed by atoms with Crippen molar-refractivity contribution >= 4 is 0 Å². The lowest BCUT2D eigenvalue weighted by Crippen LogP contribution is -2.18. The predicted octanol–water partition coefficient (Wildman–Crippen LogP) is 0.501. The summed E-state index contributed by atoms with van der Waals surface area (Å²) < 4.78 is 0. The second kappa shape index (κ2) is 7.66. The summed E-state index contributed by atoms with van der Waals surface area (Å²) in [4.78, 5) is 0. The summed E-state index contributed by atoms with van der Waals surface area (Å²) in [6.07, 6.45) is 4.02. The molecule has 0 spiro atoms. The van der Waals surface area contributed by atoms with E-state index >= 15 is 0 Å². The minimum atomic E-state index is 0.779. The molecule has 0 atom stereocenters. The zero-order valence-corrected chi connectivity index (χ0v) is 5.90. The Labute approximate surface area is 57.1 Å². The summed E-state index contributed by atoms with van der Waals surface area (Å²) in [5, 5.41) is 3.24. The molecule has 54 valence electrons. The maximum Gasteiger partial charge on any atom is -0.00144 e. The van der Waals surface area contributed by atoms with Gasteiger partial charge in [0.15, 0.2) is 0 Å². The van der Waals surface area contributed by atoms with Gasteiger partial charge >= 0.3 is 0 Å². The van der Waals surface area contributed by atoms with E-state index in [2.05, 4.69) is 11.9 Å². The largest absolute Gasteiger partial charge is 0.330 e. The average molecular weight is 128 g/mol. The molecule has 0 saturated carbocycles. The van der Waals surface area contributed by atoms with E-state index in [-0.39, 0.29) is 0 Å². The monoisotopic (exact) mass is 128 g/mol. The van der Waals surface area contributed by atoms with Gasteiger partial charge in [0.2, 0.25) is 0 Å². The van der Waals surface area contributed by atoms with Gasteiger partial charge in [-0.25, -0.2) is 0 Å². The number of nitrogens with two attached hydrogens (primary N) is 1. The van der Waals surface area contributed by atoms with Crippen molar-refractivity contribution in [2.24, 2.45) is 5.73 Å². The van der Waals surface area contributed by atoms with E-state index in [9.17, 15) is 0 Å². The van der Waals surface area contributed by atoms with E-state index in [1.165, 1.54) is 0 Å². The Balaban J connectivity index is 2.66. The van der Waals surface area contributed by atoms with Crippen molar-refractivity contribution < 1.29 is 0 Å². The first-order valence-electron chi connectivity index (χ1n) is 3.43. The highest BCUT2D eigenvalue weighted by Crippen LogP contribution is 1.75. The molecule has 0 aliphatic heterocycles. The fraction of sp³-hybridized carbons (Fsp3) is 0.714. The average Bonchev–Trinajstić information content (AvgIpc) is 1.89. The van der Waals surface area contributed by atoms with Gasteiger partial charge in [0, 0.05) is 0 Å². The Hall–Kier alpha value is -0.340. The van der Waals surface area contributed by atoms with Gasteiger partial charge in [0.1, 0.15) is 0 Å². The molecule has 0 heterocycles. The van der Waals surface area contributed by atoms with Crippen LogP contribution in [0.5, 0.6) is 0 Å². The van der Waals surface area contributed by atoms with Crippen molar-refractivity contribution in [2.45, 2.75) is 12.8 Å². The molecule has 0 rings (SSSR count). The molecule has 2 nitrogen and oxygen atoms in total. The maximum absolute atomic E-state index is 5.28. The van der Waals surface area contributed by atoms with E-state index in [1.807, 2.05) is 6.08 Å². The van der Waals surface area contributed by atoms with Crippen molar-refractivity contribution in [1.29, 1.82) is 0 Å². The van der Waals surface area contributed by atoms with Gasteiger partial charge in [-0.2, -0.15) is 0 Å². The van der Waals surface area contributed by atoms with E-state index in [4.69, 9.17) is 5.73 Å². The van der Waals surface area contributed by atoms with E-state index in [0.717, 1.165) is 32.5 Å². The standard InChI is InChI=1S/C7H16N2/c1-2-3-6-9-7-4-5-8/h2,9H,1,3-8H2. The molecule has 9 heavy (non-hydrogen) atoms. The molecule has 0 unspecified atom stereocenters. The molecule has 3 N–H and O–H groups in total. The zero-order chi connectivity index (χ0) is 6.95. The second-order valence-electron chi connectivity index (χ2n) is 1.97. The molecule has 0 fully saturated rings. The Kier molecular flexibility index (Phi) is 7.37. The molecule has 2 heteroatoms. The van der Waals surface area contributed by atoms with Crippen molar-refractivity contribution in [3.05, 3.63) is 12.7 Å². The Bertz CT molecular complexity index is 61.9. The summed E-state index contributed by atoms with van der Waals surface area (Å²) in [5.41, 5.74) is 5.28. The van der Waals surface area contributed by atoms with Gasteiger partial charge in [-0.1, -0.05) is 6.08 Å². The molecule has 0 aromatic carbocycles. The van der Waals surface area contributed by atoms with Gasteiger partial charge in [0.25, 0.3) is 0 Å². The molecule has 0 bridgehead atoms. The van der Waals surface area contributed by atoms with Gasteiger partial charge < -0.3 is 11.1 Å². The van der Waals surface area contributed by atoms with Crippen LogP contribution < -0.4 is 11.1 Å². The minimum Gasteiger partial charge on any atom is -0.330 e. The van der Waals surface area contributed by atoms with Crippen LogP contribution in [0.15, 0.2) is 12.7 Å². The SMILES string of the molecule is C=CCCNCCCN. The summed E-state index contributed by atoms with van der Waals surface area (Å²) in [7, 11) is 0. The lowest BCUT2D eigenvalue weighted by atomic mass is 10.4. The van der Waals surface area contributed by atoms with Crippen LogP contribution in [0.4, 0.5) is 0 Å². The van der Waals surface area contributed by atoms with Crippen molar-refractivity contribution in [3.8, 4) is 0 Å². The highest BCUT2D eigenvalue weighted by molar-refractivity contribution is 4.67. The lowest BCUT2D eigenvalue weighted by Gasteiger charge is -1.98. The van der Waals surface area contributed by atoms with Crippen LogP contribution in [-0.2, 0) is 0 Å². The molecular formula is C7H16N2. The Morgan fingerprint density at radius 1 is 1.44 bits per heavy atom. The molecule has 0 aliphatic carbocycles. The van der Waals surface area contributed by atoms with Crippen molar-refractivity contribution in [3.63, 3.8) is 0 Å². The topological polar surface area (TPSA) is 38.0 Å². The fourth-order valence-corrected chi connectivity index (χ4v) is 0.556. The maximum atomic E-state index is 5.28. The summed E-state index contributed by atoms with van der Waals surface area (Å²) in [6.45, 7) is 6.46. The first-order chi connectivity index (χ1) is 4.41. The number of rotatable bonds is 6. The van der Waals surface area contributed by atoms with Gasteiger partial charge in [-0.15, -0.1) is 6.58 Å². The number of hydrogen-bond donors (Lipinski definition) is 2. The fourth-order valence-electron chi connectivity index (χ4n) is 0.556. The molecule has 0 aliphatic rings. The molecule has 0 aromatic heterocycles. The lowest BCUT2D eigenvalue weighted by molar-refractivity contribution is 0.659. The summed E-state index contributed by atoms with van der Waals surface area (Å²) in [5.74, 6) is 0. The highest BCUT2D eigenvalue weighted by Gasteiger charge is 1.81. The normalized spacial score (nSPS) is 9.44. The molecular weight excluding hydrogens is 112 g/mol. The number of hydrogen-bond acceptors (Lipinski definition) is 2. The quantitative estimate of drug-likeness (QED) is 0.404. The first-order valence-corrected chi connectivity index (χ1v) is 3.43. The summed E-state index contributed by atoms with van der Waals surface area (Å²) >= 11 is 0. The van der Waals surface area contributed by atoms with Crippen LogP contribution in [0.1, 0.15) is 12.8 Å². The Morgan fingerprint density at radius 2 is 2.22 bits per heavy atom. The molecule has 0 aromatic rings. The molecule has 0 saturated heterocycles. The van der Waals surface area contributed by atoms with Crippen molar-refractivity contribution in [1.82, 2.24) is 5.32 Å². The zero-order valence-electron chi connectivity index (χ0n) is 5.90. The van der Waals surface area contributed by atoms with Crippen LogP contribution in [-0.4, -0.2) is 19.6 Å². The molecule has 0 radical (unpaired) electrons. The van der Waals surface area contributed by atoms with Crippen LogP contribution in [0.2, 0.25) is 0 Å². The smallest absolute Gasteiger partial charge is 0.00144 e. The van der Waals surface area contributed by atoms with Crippen LogP contribution >= 0.6 is 0 Å². The third-order valence-electron chi connectivity index (χ3n) is 1.08. The minimum absolute atomic E-state index is 0.779. The van der Waals surface area contributed by atoms with Crippen LogP contribution in [0, 0.1) is 0 Å². The second-order valence-corrected chi connectivity index (χ2v) is 1.97. The Morgan fingerprint density at radius 3 is 2.78 bits per heavy atom. The third-order valence-corrected chi connectivity index (χ3v) is 1.08.